The molecule has 0 amide bonds. The van der Waals surface area contributed by atoms with Crippen LogP contribution in [-0.4, -0.2) is 37.4 Å². The first-order chi connectivity index (χ1) is 11.2. The lowest BCUT2D eigenvalue weighted by atomic mass is 10.1. The van der Waals surface area contributed by atoms with Crippen LogP contribution in [0, 0.1) is 5.82 Å². The number of methoxy groups -OCH3 is 1. The number of rotatable bonds is 5. The van der Waals surface area contributed by atoms with Crippen molar-refractivity contribution >= 4 is 0 Å². The topological polar surface area (TPSA) is 86.0 Å². The average Bonchev–Trinajstić information content (AvgIpc) is 3.03. The molecule has 0 fully saturated rings. The first kappa shape index (κ1) is 15.0. The van der Waals surface area contributed by atoms with Crippen molar-refractivity contribution in [3.63, 3.8) is 0 Å². The quantitative estimate of drug-likeness (QED) is 0.766. The van der Waals surface area contributed by atoms with E-state index in [1.54, 1.807) is 18.3 Å². The van der Waals surface area contributed by atoms with Gasteiger partial charge in [0.25, 0.3) is 0 Å². The molecule has 0 aliphatic carbocycles. The monoisotopic (exact) mass is 315 g/mol. The number of hydrogen-bond acceptors (Lipinski definition) is 6. The van der Waals surface area contributed by atoms with Gasteiger partial charge in [0.15, 0.2) is 5.82 Å². The van der Waals surface area contributed by atoms with Crippen LogP contribution < -0.4 is 4.74 Å². The average molecular weight is 315 g/mol. The Bertz CT molecular complexity index is 804. The van der Waals surface area contributed by atoms with Gasteiger partial charge < -0.3 is 9.84 Å². The van der Waals surface area contributed by atoms with E-state index >= 15 is 0 Å². The van der Waals surface area contributed by atoms with E-state index in [2.05, 4.69) is 20.4 Å². The van der Waals surface area contributed by atoms with Gasteiger partial charge in [0.1, 0.15) is 12.4 Å². The molecule has 0 saturated carbocycles. The Hall–Kier alpha value is -2.87. The van der Waals surface area contributed by atoms with E-state index < -0.39 is 0 Å². The fraction of sp³-hybridized carbons (Fsp3) is 0.200. The van der Waals surface area contributed by atoms with Gasteiger partial charge in [-0.2, -0.15) is 4.80 Å². The summed E-state index contributed by atoms with van der Waals surface area (Å²) in [7, 11) is 1.53. The van der Waals surface area contributed by atoms with Crippen LogP contribution in [0.1, 0.15) is 11.4 Å². The first-order valence-corrected chi connectivity index (χ1v) is 6.86. The number of tetrazole rings is 1. The molecular weight excluding hydrogens is 301 g/mol. The minimum atomic E-state index is -0.305. The molecule has 0 aliphatic rings. The fourth-order valence-corrected chi connectivity index (χ4v) is 2.15. The van der Waals surface area contributed by atoms with E-state index in [0.29, 0.717) is 12.4 Å². The SMILES string of the molecule is COc1ncc(Cn2nnc(CO)n2)cc1-c1ccc(F)cc1. The molecule has 0 bridgehead atoms. The summed E-state index contributed by atoms with van der Waals surface area (Å²) in [5.41, 5.74) is 2.36. The second kappa shape index (κ2) is 6.49. The minimum Gasteiger partial charge on any atom is -0.481 e. The van der Waals surface area contributed by atoms with E-state index in [-0.39, 0.29) is 18.2 Å². The summed E-state index contributed by atoms with van der Waals surface area (Å²) in [6.07, 6.45) is 1.65. The van der Waals surface area contributed by atoms with Gasteiger partial charge in [-0.15, -0.1) is 10.2 Å². The molecule has 3 aromatic rings. The smallest absolute Gasteiger partial charge is 0.221 e. The minimum absolute atomic E-state index is 0.255. The number of aliphatic hydroxyl groups is 1. The zero-order chi connectivity index (χ0) is 16.2. The van der Waals surface area contributed by atoms with Gasteiger partial charge in [-0.05, 0) is 34.5 Å². The van der Waals surface area contributed by atoms with Gasteiger partial charge >= 0.3 is 0 Å². The van der Waals surface area contributed by atoms with E-state index in [1.807, 2.05) is 6.07 Å². The summed E-state index contributed by atoms with van der Waals surface area (Å²) in [5, 5.41) is 20.5. The highest BCUT2D eigenvalue weighted by Crippen LogP contribution is 2.29. The van der Waals surface area contributed by atoms with E-state index in [1.165, 1.54) is 24.0 Å². The molecule has 0 saturated heterocycles. The molecule has 8 heteroatoms. The fourth-order valence-electron chi connectivity index (χ4n) is 2.15. The van der Waals surface area contributed by atoms with Gasteiger partial charge in [-0.25, -0.2) is 9.37 Å². The Kier molecular flexibility index (Phi) is 4.24. The molecule has 0 spiro atoms. The predicted octanol–water partition coefficient (Wildman–Crippen LogP) is 1.42. The highest BCUT2D eigenvalue weighted by atomic mass is 19.1. The summed E-state index contributed by atoms with van der Waals surface area (Å²) in [6.45, 7) is 0.0832. The number of benzene rings is 1. The van der Waals surface area contributed by atoms with E-state index in [9.17, 15) is 4.39 Å². The van der Waals surface area contributed by atoms with Crippen molar-refractivity contribution in [3.05, 3.63) is 53.7 Å². The number of hydrogen-bond donors (Lipinski definition) is 1. The second-order valence-electron chi connectivity index (χ2n) is 4.80. The molecule has 1 N–H and O–H groups in total. The van der Waals surface area contributed by atoms with Crippen LogP contribution in [0.5, 0.6) is 5.88 Å². The number of pyridine rings is 1. The maximum atomic E-state index is 13.1. The third-order valence-electron chi connectivity index (χ3n) is 3.22. The molecule has 7 nitrogen and oxygen atoms in total. The van der Waals surface area contributed by atoms with Crippen molar-refractivity contribution in [2.75, 3.05) is 7.11 Å². The van der Waals surface area contributed by atoms with Crippen LogP contribution in [0.25, 0.3) is 11.1 Å². The number of aromatic nitrogens is 5. The lowest BCUT2D eigenvalue weighted by molar-refractivity contribution is 0.270. The van der Waals surface area contributed by atoms with Crippen molar-refractivity contribution < 1.29 is 14.2 Å². The van der Waals surface area contributed by atoms with Crippen molar-refractivity contribution in [2.45, 2.75) is 13.2 Å². The molecule has 0 aliphatic heterocycles. The van der Waals surface area contributed by atoms with Crippen LogP contribution in [0.3, 0.4) is 0 Å². The Morgan fingerprint density at radius 1 is 1.26 bits per heavy atom. The first-order valence-electron chi connectivity index (χ1n) is 6.86. The van der Waals surface area contributed by atoms with Gasteiger partial charge in [0, 0.05) is 11.8 Å². The highest BCUT2D eigenvalue weighted by molar-refractivity contribution is 5.69. The summed E-state index contributed by atoms with van der Waals surface area (Å²) in [6, 6.07) is 7.97. The Morgan fingerprint density at radius 3 is 2.70 bits per heavy atom. The molecule has 118 valence electrons. The van der Waals surface area contributed by atoms with Crippen molar-refractivity contribution in [2.24, 2.45) is 0 Å². The highest BCUT2D eigenvalue weighted by Gasteiger charge is 2.10. The summed E-state index contributed by atoms with van der Waals surface area (Å²) in [5.74, 6) is 0.397. The summed E-state index contributed by atoms with van der Waals surface area (Å²) < 4.78 is 18.4. The molecule has 3 rings (SSSR count). The number of nitrogens with zero attached hydrogens (tertiary/aromatic N) is 5. The number of aliphatic hydroxyl groups excluding tert-OH is 1. The molecule has 1 aromatic carbocycles. The molecule has 0 atom stereocenters. The summed E-state index contributed by atoms with van der Waals surface area (Å²) >= 11 is 0. The number of ether oxygens (including phenoxy) is 1. The van der Waals surface area contributed by atoms with E-state index in [0.717, 1.165) is 16.7 Å². The van der Waals surface area contributed by atoms with Gasteiger partial charge in [-0.3, -0.25) is 0 Å². The normalized spacial score (nSPS) is 10.7. The van der Waals surface area contributed by atoms with Crippen molar-refractivity contribution in [3.8, 4) is 17.0 Å². The lowest BCUT2D eigenvalue weighted by Gasteiger charge is -2.09. The van der Waals surface area contributed by atoms with E-state index in [4.69, 9.17) is 9.84 Å². The van der Waals surface area contributed by atoms with Crippen molar-refractivity contribution in [1.29, 1.82) is 0 Å². The third kappa shape index (κ3) is 3.32. The van der Waals surface area contributed by atoms with Gasteiger partial charge in [0.2, 0.25) is 5.88 Å². The zero-order valence-corrected chi connectivity index (χ0v) is 12.3. The van der Waals surface area contributed by atoms with Gasteiger partial charge in [0.05, 0.1) is 13.7 Å². The second-order valence-corrected chi connectivity index (χ2v) is 4.80. The van der Waals surface area contributed by atoms with Crippen molar-refractivity contribution in [1.82, 2.24) is 25.2 Å². The lowest BCUT2D eigenvalue weighted by Crippen LogP contribution is -2.05. The maximum absolute atomic E-state index is 13.1. The molecule has 2 heterocycles. The molecule has 23 heavy (non-hydrogen) atoms. The molecule has 0 unspecified atom stereocenters. The summed E-state index contributed by atoms with van der Waals surface area (Å²) in [4.78, 5) is 5.63. The molecule has 2 aromatic heterocycles. The van der Waals surface area contributed by atoms with Crippen LogP contribution in [0.2, 0.25) is 0 Å². The number of halogens is 1. The van der Waals surface area contributed by atoms with Crippen LogP contribution >= 0.6 is 0 Å². The molecule has 0 radical (unpaired) electrons. The Morgan fingerprint density at radius 2 is 2.04 bits per heavy atom. The largest absolute Gasteiger partial charge is 0.481 e. The van der Waals surface area contributed by atoms with Crippen LogP contribution in [0.15, 0.2) is 36.5 Å². The Labute approximate surface area is 131 Å². The predicted molar refractivity (Wildman–Crippen MR) is 79.0 cm³/mol. The van der Waals surface area contributed by atoms with Crippen LogP contribution in [-0.2, 0) is 13.2 Å². The van der Waals surface area contributed by atoms with Gasteiger partial charge in [-0.1, -0.05) is 12.1 Å². The maximum Gasteiger partial charge on any atom is 0.221 e. The Balaban J connectivity index is 1.93. The zero-order valence-electron chi connectivity index (χ0n) is 12.3. The molecular formula is C15H14FN5O2. The van der Waals surface area contributed by atoms with Crippen LogP contribution in [0.4, 0.5) is 4.39 Å². The standard InChI is InChI=1S/C15H14FN5O2/c1-23-15-13(11-2-4-12(16)5-3-11)6-10(7-17-15)8-21-19-14(9-22)18-20-21/h2-7,22H,8-9H2,1H3. The third-order valence-corrected chi connectivity index (χ3v) is 3.22.